The number of anilines is 1. The summed E-state index contributed by atoms with van der Waals surface area (Å²) in [5, 5.41) is 0. The van der Waals surface area contributed by atoms with Crippen molar-refractivity contribution in [1.82, 2.24) is 14.3 Å². The molecule has 2 heterocycles. The molecule has 0 saturated carbocycles. The predicted molar refractivity (Wildman–Crippen MR) is 119 cm³/mol. The van der Waals surface area contributed by atoms with E-state index >= 15 is 0 Å². The molecule has 4 N–H and O–H groups in total. The number of aromatic nitrogens is 2. The van der Waals surface area contributed by atoms with Gasteiger partial charge in [-0.1, -0.05) is 30.3 Å². The molecule has 0 radical (unpaired) electrons. The number of nitrogens with zero attached hydrogens (tertiary/aromatic N) is 3. The summed E-state index contributed by atoms with van der Waals surface area (Å²) in [6.45, 7) is 0.850. The molecule has 0 aliphatic carbocycles. The van der Waals surface area contributed by atoms with E-state index in [0.717, 1.165) is 0 Å². The minimum absolute atomic E-state index is 0.0450. The Kier molecular flexibility index (Phi) is 5.99. The SMILES string of the molecule is Nc1nccnc1-c1ccc(-c2ccccc2CS(=O)(=O)N2CCC(N)CC2)cc1F. The highest BCUT2D eigenvalue weighted by Gasteiger charge is 2.27. The van der Waals surface area contributed by atoms with Crippen LogP contribution in [0.5, 0.6) is 0 Å². The van der Waals surface area contributed by atoms with Crippen molar-refractivity contribution in [3.63, 3.8) is 0 Å². The van der Waals surface area contributed by atoms with E-state index in [-0.39, 0.29) is 28.9 Å². The van der Waals surface area contributed by atoms with E-state index in [0.29, 0.717) is 42.6 Å². The molecule has 1 saturated heterocycles. The van der Waals surface area contributed by atoms with Crippen LogP contribution >= 0.6 is 0 Å². The molecular formula is C22H24FN5O2S. The Balaban J connectivity index is 1.65. The largest absolute Gasteiger partial charge is 0.382 e. The Bertz CT molecular complexity index is 1190. The van der Waals surface area contributed by atoms with Crippen molar-refractivity contribution >= 4 is 15.8 Å². The first kappa shape index (κ1) is 21.4. The first-order chi connectivity index (χ1) is 14.8. The van der Waals surface area contributed by atoms with Gasteiger partial charge >= 0.3 is 0 Å². The van der Waals surface area contributed by atoms with Crippen molar-refractivity contribution in [3.05, 3.63) is 66.2 Å². The molecule has 162 valence electrons. The minimum Gasteiger partial charge on any atom is -0.382 e. The number of nitrogens with two attached hydrogens (primary N) is 2. The van der Waals surface area contributed by atoms with Gasteiger partial charge in [-0.05, 0) is 41.7 Å². The molecule has 0 atom stereocenters. The average Bonchev–Trinajstić information content (AvgIpc) is 2.75. The number of piperidine rings is 1. The molecule has 9 heteroatoms. The molecule has 1 fully saturated rings. The Morgan fingerprint density at radius 1 is 1.03 bits per heavy atom. The minimum atomic E-state index is -3.51. The number of nitrogen functional groups attached to an aromatic ring is 1. The van der Waals surface area contributed by atoms with Crippen LogP contribution < -0.4 is 11.5 Å². The van der Waals surface area contributed by atoms with Crippen LogP contribution in [0.1, 0.15) is 18.4 Å². The summed E-state index contributed by atoms with van der Waals surface area (Å²) in [4.78, 5) is 8.06. The zero-order valence-corrected chi connectivity index (χ0v) is 17.7. The van der Waals surface area contributed by atoms with Crippen LogP contribution in [0, 0.1) is 5.82 Å². The summed E-state index contributed by atoms with van der Waals surface area (Å²) in [6.07, 6.45) is 4.20. The van der Waals surface area contributed by atoms with Crippen molar-refractivity contribution < 1.29 is 12.8 Å². The van der Waals surface area contributed by atoms with Crippen molar-refractivity contribution in [1.29, 1.82) is 0 Å². The smallest absolute Gasteiger partial charge is 0.218 e. The van der Waals surface area contributed by atoms with Crippen LogP contribution in [0.3, 0.4) is 0 Å². The zero-order valence-electron chi connectivity index (χ0n) is 16.9. The molecule has 2 aromatic carbocycles. The maximum atomic E-state index is 14.9. The van der Waals surface area contributed by atoms with E-state index in [1.807, 2.05) is 0 Å². The monoisotopic (exact) mass is 441 g/mol. The lowest BCUT2D eigenvalue weighted by Gasteiger charge is -2.29. The van der Waals surface area contributed by atoms with Gasteiger partial charge in [-0.15, -0.1) is 0 Å². The van der Waals surface area contributed by atoms with E-state index in [2.05, 4.69) is 9.97 Å². The van der Waals surface area contributed by atoms with E-state index in [9.17, 15) is 12.8 Å². The standard InChI is InChI=1S/C22H24FN5O2S/c23-20-13-15(5-6-19(20)21-22(25)27-10-9-26-21)18-4-2-1-3-16(18)14-31(29,30)28-11-7-17(24)8-12-28/h1-6,9-10,13,17H,7-8,11-12,14,24H2,(H2,25,27). The summed E-state index contributed by atoms with van der Waals surface area (Å²) >= 11 is 0. The summed E-state index contributed by atoms with van der Waals surface area (Å²) < 4.78 is 42.4. The van der Waals surface area contributed by atoms with Gasteiger partial charge in [0.05, 0.1) is 5.75 Å². The second-order valence-electron chi connectivity index (χ2n) is 7.63. The molecule has 0 amide bonds. The first-order valence-corrected chi connectivity index (χ1v) is 11.6. The number of benzene rings is 2. The zero-order chi connectivity index (χ0) is 22.0. The van der Waals surface area contributed by atoms with Crippen LogP contribution in [0.2, 0.25) is 0 Å². The summed E-state index contributed by atoms with van der Waals surface area (Å²) in [6, 6.07) is 11.9. The third-order valence-electron chi connectivity index (χ3n) is 5.51. The Hall–Kier alpha value is -2.88. The lowest BCUT2D eigenvalue weighted by Crippen LogP contribution is -2.43. The lowest BCUT2D eigenvalue weighted by molar-refractivity contribution is 0.319. The third-order valence-corrected chi connectivity index (χ3v) is 7.34. The second-order valence-corrected chi connectivity index (χ2v) is 9.60. The molecule has 3 aromatic rings. The topological polar surface area (TPSA) is 115 Å². The number of rotatable bonds is 5. The fourth-order valence-corrected chi connectivity index (χ4v) is 5.39. The van der Waals surface area contributed by atoms with Gasteiger partial charge < -0.3 is 11.5 Å². The van der Waals surface area contributed by atoms with Gasteiger partial charge in [-0.25, -0.2) is 22.1 Å². The van der Waals surface area contributed by atoms with Gasteiger partial charge in [0.25, 0.3) is 0 Å². The maximum Gasteiger partial charge on any atom is 0.218 e. The fraction of sp³-hybridized carbons (Fsp3) is 0.273. The van der Waals surface area contributed by atoms with Gasteiger partial charge in [0.1, 0.15) is 17.3 Å². The van der Waals surface area contributed by atoms with Crippen LogP contribution in [-0.2, 0) is 15.8 Å². The van der Waals surface area contributed by atoms with E-state index in [1.54, 1.807) is 36.4 Å². The van der Waals surface area contributed by atoms with Gasteiger partial charge in [-0.2, -0.15) is 0 Å². The van der Waals surface area contributed by atoms with Crippen molar-refractivity contribution in [2.45, 2.75) is 24.6 Å². The van der Waals surface area contributed by atoms with Gasteiger partial charge in [0.15, 0.2) is 0 Å². The Labute approximate surface area is 181 Å². The van der Waals surface area contributed by atoms with Gasteiger partial charge in [0.2, 0.25) is 10.0 Å². The Morgan fingerprint density at radius 3 is 2.45 bits per heavy atom. The number of hydrogen-bond acceptors (Lipinski definition) is 6. The molecule has 7 nitrogen and oxygen atoms in total. The van der Waals surface area contributed by atoms with E-state index in [4.69, 9.17) is 11.5 Å². The second kappa shape index (κ2) is 8.70. The summed E-state index contributed by atoms with van der Waals surface area (Å²) in [7, 11) is -3.51. The Morgan fingerprint density at radius 2 is 1.74 bits per heavy atom. The molecular weight excluding hydrogens is 417 g/mol. The fourth-order valence-electron chi connectivity index (χ4n) is 3.80. The van der Waals surface area contributed by atoms with Crippen LogP contribution in [-0.4, -0.2) is 41.8 Å². The first-order valence-electron chi connectivity index (χ1n) is 10.0. The lowest BCUT2D eigenvalue weighted by atomic mass is 9.98. The molecule has 1 aromatic heterocycles. The highest BCUT2D eigenvalue weighted by Crippen LogP contribution is 2.31. The number of halogens is 1. The summed E-state index contributed by atoms with van der Waals surface area (Å²) in [5.41, 5.74) is 14.1. The molecule has 0 bridgehead atoms. The molecule has 31 heavy (non-hydrogen) atoms. The molecule has 1 aliphatic rings. The molecule has 0 spiro atoms. The quantitative estimate of drug-likeness (QED) is 0.629. The average molecular weight is 442 g/mol. The van der Waals surface area contributed by atoms with E-state index < -0.39 is 15.8 Å². The highest BCUT2D eigenvalue weighted by molar-refractivity contribution is 7.88. The molecule has 4 rings (SSSR count). The molecule has 0 unspecified atom stereocenters. The van der Waals surface area contributed by atoms with Gasteiger partial charge in [0, 0.05) is 37.1 Å². The summed E-state index contributed by atoms with van der Waals surface area (Å²) in [5.74, 6) is -0.520. The van der Waals surface area contributed by atoms with E-state index in [1.165, 1.54) is 22.8 Å². The highest BCUT2D eigenvalue weighted by atomic mass is 32.2. The molecule has 1 aliphatic heterocycles. The van der Waals surface area contributed by atoms with Crippen LogP contribution in [0.15, 0.2) is 54.9 Å². The van der Waals surface area contributed by atoms with Crippen molar-refractivity contribution in [3.8, 4) is 22.4 Å². The number of sulfonamides is 1. The van der Waals surface area contributed by atoms with Gasteiger partial charge in [-0.3, -0.25) is 4.98 Å². The normalized spacial score (nSPS) is 15.8. The third kappa shape index (κ3) is 4.58. The maximum absolute atomic E-state index is 14.9. The van der Waals surface area contributed by atoms with Crippen molar-refractivity contribution in [2.24, 2.45) is 5.73 Å². The number of hydrogen-bond donors (Lipinski definition) is 2. The van der Waals surface area contributed by atoms with Crippen molar-refractivity contribution in [2.75, 3.05) is 18.8 Å². The van der Waals surface area contributed by atoms with Crippen LogP contribution in [0.4, 0.5) is 10.2 Å². The van der Waals surface area contributed by atoms with Crippen LogP contribution in [0.25, 0.3) is 22.4 Å². The predicted octanol–water partition coefficient (Wildman–Crippen LogP) is 2.78.